The first-order valence-corrected chi connectivity index (χ1v) is 23.0. The lowest BCUT2D eigenvalue weighted by Gasteiger charge is -2.53. The van der Waals surface area contributed by atoms with Crippen molar-refractivity contribution in [3.63, 3.8) is 0 Å². The number of hydrogen-bond acceptors (Lipinski definition) is 25. The van der Waals surface area contributed by atoms with Crippen LogP contribution in [0.1, 0.15) is 51.4 Å². The first-order valence-electron chi connectivity index (χ1n) is 23.0. The van der Waals surface area contributed by atoms with Crippen molar-refractivity contribution in [2.45, 2.75) is 205 Å². The van der Waals surface area contributed by atoms with Crippen LogP contribution in [0.15, 0.2) is 12.2 Å². The molecule has 67 heavy (non-hydrogen) atoms. The van der Waals surface area contributed by atoms with E-state index in [2.05, 4.69) is 0 Å². The summed E-state index contributed by atoms with van der Waals surface area (Å²) in [4.78, 5) is 12.6. The van der Waals surface area contributed by atoms with E-state index >= 15 is 0 Å². The monoisotopic (exact) mass is 972 g/mol. The van der Waals surface area contributed by atoms with Gasteiger partial charge in [0.1, 0.15) is 86.0 Å². The standard InChI is InChI=1S/C42H68O25/c43-11-25-30(51)33(54)36(57)41(65-25)63-23-7-15(6-20(48)29(23)50)39-24(64-42-37(58)34(55)31(52)26(12-44)66-42)10-17-21(61-39)8-16(45)9-22(17)62-40-38(59)35(56)32(53)27(67-40)13-60-28(49)4-2-14-1-3-18(46)19(47)5-14/h2,4,14-27,29-48,50-59H,1,3,5-13H2. The van der Waals surface area contributed by atoms with Gasteiger partial charge in [0.2, 0.25) is 0 Å². The Morgan fingerprint density at radius 3 is 1.60 bits per heavy atom. The summed E-state index contributed by atoms with van der Waals surface area (Å²) in [5.41, 5.74) is 0. The highest BCUT2D eigenvalue weighted by atomic mass is 16.7. The zero-order valence-corrected chi connectivity index (χ0v) is 36.4. The summed E-state index contributed by atoms with van der Waals surface area (Å²) in [6.45, 7) is -2.14. The van der Waals surface area contributed by atoms with E-state index in [1.165, 1.54) is 6.08 Å². The van der Waals surface area contributed by atoms with Crippen molar-refractivity contribution in [3.05, 3.63) is 12.2 Å². The lowest BCUT2D eigenvalue weighted by atomic mass is 9.72. The first-order chi connectivity index (χ1) is 31.8. The summed E-state index contributed by atoms with van der Waals surface area (Å²) in [5, 5.41) is 169. The van der Waals surface area contributed by atoms with Crippen LogP contribution in [0, 0.1) is 17.8 Å². The van der Waals surface area contributed by atoms with Crippen molar-refractivity contribution in [1.82, 2.24) is 0 Å². The fraction of sp³-hybridized carbons (Fsp3) is 0.929. The molecule has 16 N–H and O–H groups in total. The lowest BCUT2D eigenvalue weighted by Crippen LogP contribution is -2.64. The molecule has 28 atom stereocenters. The van der Waals surface area contributed by atoms with Crippen molar-refractivity contribution in [2.24, 2.45) is 17.8 Å². The molecule has 0 aromatic rings. The van der Waals surface area contributed by atoms with Gasteiger partial charge in [0.05, 0.1) is 68.1 Å². The van der Waals surface area contributed by atoms with Gasteiger partial charge in [-0.1, -0.05) is 6.08 Å². The molecule has 4 saturated heterocycles. The van der Waals surface area contributed by atoms with Gasteiger partial charge >= 0.3 is 5.97 Å². The number of aliphatic hydroxyl groups is 16. The van der Waals surface area contributed by atoms with Crippen molar-refractivity contribution >= 4 is 5.97 Å². The predicted molar refractivity (Wildman–Crippen MR) is 215 cm³/mol. The number of carbonyl (C=O) groups is 1. The van der Waals surface area contributed by atoms with Crippen LogP contribution in [0.25, 0.3) is 0 Å². The highest BCUT2D eigenvalue weighted by Gasteiger charge is 2.56. The minimum Gasteiger partial charge on any atom is -0.460 e. The fourth-order valence-electron chi connectivity index (χ4n) is 10.5. The Morgan fingerprint density at radius 2 is 1.03 bits per heavy atom. The smallest absolute Gasteiger partial charge is 0.330 e. The molecule has 25 heteroatoms. The van der Waals surface area contributed by atoms with Crippen molar-refractivity contribution < 1.29 is 124 Å². The second kappa shape index (κ2) is 22.8. The Bertz CT molecular complexity index is 1610. The molecule has 3 saturated carbocycles. The minimum absolute atomic E-state index is 0.0123. The van der Waals surface area contributed by atoms with Gasteiger partial charge in [-0.15, -0.1) is 0 Å². The van der Waals surface area contributed by atoms with E-state index in [4.69, 9.17) is 37.9 Å². The van der Waals surface area contributed by atoms with E-state index in [1.54, 1.807) is 0 Å². The summed E-state index contributed by atoms with van der Waals surface area (Å²) >= 11 is 0. The topological polar surface area (TPSA) is 415 Å². The van der Waals surface area contributed by atoms with Gasteiger partial charge in [0.15, 0.2) is 18.9 Å². The van der Waals surface area contributed by atoms with E-state index in [-0.39, 0.29) is 44.4 Å². The summed E-state index contributed by atoms with van der Waals surface area (Å²) in [7, 11) is 0. The zero-order chi connectivity index (χ0) is 48.6. The molecule has 4 aliphatic heterocycles. The van der Waals surface area contributed by atoms with E-state index < -0.39 is 191 Å². The van der Waals surface area contributed by atoms with Gasteiger partial charge < -0.3 is 120 Å². The zero-order valence-electron chi connectivity index (χ0n) is 36.4. The van der Waals surface area contributed by atoms with Crippen LogP contribution in [0.4, 0.5) is 0 Å². The molecule has 4 heterocycles. The Balaban J connectivity index is 1.08. The summed E-state index contributed by atoms with van der Waals surface area (Å²) in [6, 6.07) is 0. The van der Waals surface area contributed by atoms with Crippen LogP contribution in [0.2, 0.25) is 0 Å². The second-order valence-corrected chi connectivity index (χ2v) is 19.1. The highest BCUT2D eigenvalue weighted by Crippen LogP contribution is 2.46. The van der Waals surface area contributed by atoms with Gasteiger partial charge in [-0.2, -0.15) is 0 Å². The lowest BCUT2D eigenvalue weighted by molar-refractivity contribution is -0.347. The molecule has 0 bridgehead atoms. The molecule has 7 aliphatic rings. The maximum absolute atomic E-state index is 12.6. The number of fused-ring (bicyclic) bond motifs is 1. The molecule has 7 rings (SSSR count). The first kappa shape index (κ1) is 53.1. The van der Waals surface area contributed by atoms with Gasteiger partial charge in [-0.3, -0.25) is 0 Å². The number of aliphatic hydroxyl groups excluding tert-OH is 16. The summed E-state index contributed by atoms with van der Waals surface area (Å²) in [6.07, 6.45) is -33.7. The molecule has 0 aromatic heterocycles. The molecule has 7 fully saturated rings. The quantitative estimate of drug-likeness (QED) is 0.0602. The maximum Gasteiger partial charge on any atom is 0.330 e. The third-order valence-corrected chi connectivity index (χ3v) is 14.5. The number of ether oxygens (including phenoxy) is 8. The number of allylic oxidation sites excluding steroid dienone is 1. The molecule has 0 spiro atoms. The molecule has 25 nitrogen and oxygen atoms in total. The SMILES string of the molecule is O=C(C=CC1CCC(O)C(O)C1)OCC1OC(OC2CC(O)CC3OC(C4CC(O)C(O)C(OC5OC(CO)C(O)C(O)C5O)C4)C(OC4OC(CO)C(O)C(O)C4O)CC23)C(O)C(O)C1O. The van der Waals surface area contributed by atoms with Gasteiger partial charge in [-0.05, 0) is 56.8 Å². The molecule has 0 aromatic carbocycles. The van der Waals surface area contributed by atoms with Crippen molar-refractivity contribution in [2.75, 3.05) is 19.8 Å². The van der Waals surface area contributed by atoms with E-state index in [9.17, 15) is 86.5 Å². The Kier molecular flexibility index (Phi) is 18.1. The Labute approximate surface area is 384 Å². The van der Waals surface area contributed by atoms with Gasteiger partial charge in [-0.25, -0.2) is 4.79 Å². The largest absolute Gasteiger partial charge is 0.460 e. The molecule has 386 valence electrons. The van der Waals surface area contributed by atoms with Gasteiger partial charge in [0, 0.05) is 18.4 Å². The normalized spacial score (nSPS) is 52.1. The second-order valence-electron chi connectivity index (χ2n) is 19.1. The van der Waals surface area contributed by atoms with Crippen LogP contribution in [-0.4, -0.2) is 261 Å². The number of rotatable bonds is 13. The highest BCUT2D eigenvalue weighted by molar-refractivity contribution is 5.81. The third kappa shape index (κ3) is 11.8. The van der Waals surface area contributed by atoms with Crippen molar-refractivity contribution in [3.8, 4) is 0 Å². The number of esters is 1. The number of carbonyl (C=O) groups excluding carboxylic acids is 1. The molecular weight excluding hydrogens is 904 g/mol. The van der Waals surface area contributed by atoms with E-state index in [0.29, 0.717) is 12.8 Å². The minimum atomic E-state index is -1.87. The number of hydrogen-bond donors (Lipinski definition) is 16. The fourth-order valence-corrected chi connectivity index (χ4v) is 10.5. The molecule has 0 radical (unpaired) electrons. The third-order valence-electron chi connectivity index (χ3n) is 14.5. The molecule has 28 unspecified atom stereocenters. The Morgan fingerprint density at radius 1 is 0.493 bits per heavy atom. The van der Waals surface area contributed by atoms with Crippen molar-refractivity contribution in [1.29, 1.82) is 0 Å². The Hall–Kier alpha value is -1.71. The summed E-state index contributed by atoms with van der Waals surface area (Å²) in [5.74, 6) is -2.61. The van der Waals surface area contributed by atoms with Crippen LogP contribution in [-0.2, 0) is 42.7 Å². The average Bonchev–Trinajstić information content (AvgIpc) is 3.30. The van der Waals surface area contributed by atoms with Crippen LogP contribution in [0.3, 0.4) is 0 Å². The van der Waals surface area contributed by atoms with Crippen LogP contribution >= 0.6 is 0 Å². The van der Waals surface area contributed by atoms with E-state index in [1.807, 2.05) is 0 Å². The molecular formula is C42H68O25. The van der Waals surface area contributed by atoms with Gasteiger partial charge in [0.25, 0.3) is 0 Å². The molecule has 0 amide bonds. The van der Waals surface area contributed by atoms with E-state index in [0.717, 1.165) is 6.08 Å². The summed E-state index contributed by atoms with van der Waals surface area (Å²) < 4.78 is 47.4. The van der Waals surface area contributed by atoms with Crippen LogP contribution < -0.4 is 0 Å². The maximum atomic E-state index is 12.6. The average molecular weight is 973 g/mol. The predicted octanol–water partition coefficient (Wildman–Crippen LogP) is -7.77. The molecule has 3 aliphatic carbocycles. The van der Waals surface area contributed by atoms with Crippen LogP contribution in [0.5, 0.6) is 0 Å².